The largest absolute Gasteiger partial charge is 0.506 e. The molecule has 0 bridgehead atoms. The van der Waals surface area contributed by atoms with Crippen LogP contribution in [0.15, 0.2) is 18.2 Å². The predicted molar refractivity (Wildman–Crippen MR) is 58.7 cm³/mol. The summed E-state index contributed by atoms with van der Waals surface area (Å²) in [7, 11) is 0. The molecule has 2 N–H and O–H groups in total. The number of hydrogen-bond acceptors (Lipinski definition) is 4. The Balaban J connectivity index is 2.91. The van der Waals surface area contributed by atoms with Gasteiger partial charge in [-0.05, 0) is 13.0 Å². The van der Waals surface area contributed by atoms with Crippen molar-refractivity contribution >= 4 is 28.9 Å². The zero-order valence-electron chi connectivity index (χ0n) is 8.31. The van der Waals surface area contributed by atoms with E-state index in [0.29, 0.717) is 0 Å². The van der Waals surface area contributed by atoms with Gasteiger partial charge in [-0.15, -0.1) is 11.6 Å². The van der Waals surface area contributed by atoms with E-state index >= 15 is 0 Å². The zero-order valence-corrected chi connectivity index (χ0v) is 9.06. The molecule has 1 aromatic carbocycles. The number of non-ortho nitro benzene ring substituents is 1. The molecular formula is C9H9ClN2O4. The van der Waals surface area contributed by atoms with E-state index in [1.54, 1.807) is 0 Å². The molecule has 0 radical (unpaired) electrons. The quantitative estimate of drug-likeness (QED) is 0.367. The predicted octanol–water partition coefficient (Wildman–Crippen LogP) is 1.87. The number of aromatic hydroxyl groups is 1. The van der Waals surface area contributed by atoms with Crippen LogP contribution in [0.25, 0.3) is 0 Å². The van der Waals surface area contributed by atoms with Gasteiger partial charge in [0.05, 0.1) is 16.7 Å². The van der Waals surface area contributed by atoms with Crippen molar-refractivity contribution in [2.45, 2.75) is 12.3 Å². The third-order valence-corrected chi connectivity index (χ3v) is 2.01. The Kier molecular flexibility index (Phi) is 3.68. The Labute approximate surface area is 96.0 Å². The summed E-state index contributed by atoms with van der Waals surface area (Å²) in [6.07, 6.45) is 0. The lowest BCUT2D eigenvalue weighted by atomic mass is 10.2. The van der Waals surface area contributed by atoms with Crippen LogP contribution in [-0.4, -0.2) is 21.3 Å². The number of halogens is 1. The highest BCUT2D eigenvalue weighted by molar-refractivity contribution is 6.32. The number of anilines is 1. The molecule has 1 atom stereocenters. The molecule has 1 unspecified atom stereocenters. The molecule has 16 heavy (non-hydrogen) atoms. The molecule has 1 amide bonds. The molecule has 0 aliphatic heterocycles. The number of phenolic OH excluding ortho intramolecular Hbond substituents is 1. The van der Waals surface area contributed by atoms with E-state index in [1.807, 2.05) is 0 Å². The minimum Gasteiger partial charge on any atom is -0.506 e. The average Bonchev–Trinajstić information content (AvgIpc) is 2.20. The standard InChI is InChI=1S/C9H9ClN2O4/c1-5(10)9(14)11-7-3-2-6(12(15)16)4-8(7)13/h2-5,13H,1H3,(H,11,14). The fourth-order valence-electron chi connectivity index (χ4n) is 0.971. The molecule has 0 saturated heterocycles. The fourth-order valence-corrected chi connectivity index (χ4v) is 1.03. The summed E-state index contributed by atoms with van der Waals surface area (Å²) in [5, 5.41) is 21.4. The lowest BCUT2D eigenvalue weighted by Gasteiger charge is -2.07. The highest BCUT2D eigenvalue weighted by Gasteiger charge is 2.14. The van der Waals surface area contributed by atoms with Crippen LogP contribution in [0.5, 0.6) is 5.75 Å². The maximum atomic E-state index is 11.2. The number of nitro benzene ring substituents is 1. The van der Waals surface area contributed by atoms with Crippen LogP contribution in [0.1, 0.15) is 6.92 Å². The van der Waals surface area contributed by atoms with Gasteiger partial charge in [0.2, 0.25) is 5.91 Å². The number of nitrogens with zero attached hydrogens (tertiary/aromatic N) is 1. The monoisotopic (exact) mass is 244 g/mol. The van der Waals surface area contributed by atoms with Gasteiger partial charge in [0.15, 0.2) is 0 Å². The summed E-state index contributed by atoms with van der Waals surface area (Å²) < 4.78 is 0. The van der Waals surface area contributed by atoms with Gasteiger partial charge < -0.3 is 10.4 Å². The summed E-state index contributed by atoms with van der Waals surface area (Å²) in [6, 6.07) is 3.37. The Hall–Kier alpha value is -1.82. The number of carbonyl (C=O) groups excluding carboxylic acids is 1. The molecule has 1 aromatic rings. The highest BCUT2D eigenvalue weighted by atomic mass is 35.5. The van der Waals surface area contributed by atoms with Crippen LogP contribution in [0.4, 0.5) is 11.4 Å². The normalized spacial score (nSPS) is 11.9. The summed E-state index contributed by atoms with van der Waals surface area (Å²) >= 11 is 5.51. The van der Waals surface area contributed by atoms with Crippen LogP contribution < -0.4 is 5.32 Å². The van der Waals surface area contributed by atoms with E-state index in [2.05, 4.69) is 5.32 Å². The van der Waals surface area contributed by atoms with Crippen molar-refractivity contribution in [3.05, 3.63) is 28.3 Å². The lowest BCUT2D eigenvalue weighted by Crippen LogP contribution is -2.20. The summed E-state index contributed by atoms with van der Waals surface area (Å²) in [5.41, 5.74) is -0.169. The number of phenols is 1. The summed E-state index contributed by atoms with van der Waals surface area (Å²) in [5.74, 6) is -0.870. The fraction of sp³-hybridized carbons (Fsp3) is 0.222. The van der Waals surface area contributed by atoms with Crippen molar-refractivity contribution in [3.8, 4) is 5.75 Å². The van der Waals surface area contributed by atoms with Gasteiger partial charge in [-0.25, -0.2) is 0 Å². The van der Waals surface area contributed by atoms with Gasteiger partial charge >= 0.3 is 0 Å². The minimum atomic E-state index is -0.755. The van der Waals surface area contributed by atoms with E-state index in [-0.39, 0.29) is 17.1 Å². The molecule has 0 aliphatic rings. The second-order valence-electron chi connectivity index (χ2n) is 3.06. The number of amides is 1. The van der Waals surface area contributed by atoms with Gasteiger partial charge in [-0.1, -0.05) is 0 Å². The van der Waals surface area contributed by atoms with Crippen molar-refractivity contribution in [2.24, 2.45) is 0 Å². The maximum absolute atomic E-state index is 11.2. The van der Waals surface area contributed by atoms with Crippen molar-refractivity contribution in [3.63, 3.8) is 0 Å². The van der Waals surface area contributed by atoms with Gasteiger partial charge in [0.1, 0.15) is 11.1 Å². The Morgan fingerprint density at radius 1 is 1.62 bits per heavy atom. The third kappa shape index (κ3) is 2.83. The third-order valence-electron chi connectivity index (χ3n) is 1.81. The molecule has 0 saturated carbocycles. The van der Waals surface area contributed by atoms with E-state index in [0.717, 1.165) is 6.07 Å². The van der Waals surface area contributed by atoms with Gasteiger partial charge in [-0.3, -0.25) is 14.9 Å². The zero-order chi connectivity index (χ0) is 12.3. The smallest absolute Gasteiger partial charge is 0.273 e. The molecule has 6 nitrogen and oxygen atoms in total. The molecule has 0 aromatic heterocycles. The van der Waals surface area contributed by atoms with Crippen LogP contribution in [0.3, 0.4) is 0 Å². The van der Waals surface area contributed by atoms with Crippen molar-refractivity contribution in [2.75, 3.05) is 5.32 Å². The van der Waals surface area contributed by atoms with E-state index in [4.69, 9.17) is 11.6 Å². The Bertz CT molecular complexity index is 434. The number of nitrogens with one attached hydrogen (secondary N) is 1. The minimum absolute atomic E-state index is 0.0862. The summed E-state index contributed by atoms with van der Waals surface area (Å²) in [4.78, 5) is 20.9. The molecular weight excluding hydrogens is 236 g/mol. The molecule has 0 spiro atoms. The number of hydrogen-bond donors (Lipinski definition) is 2. The molecule has 0 aliphatic carbocycles. The first-order chi connectivity index (χ1) is 7.41. The second kappa shape index (κ2) is 4.80. The van der Waals surface area contributed by atoms with Gasteiger partial charge in [0.25, 0.3) is 5.69 Å². The lowest BCUT2D eigenvalue weighted by molar-refractivity contribution is -0.384. The number of nitro groups is 1. The molecule has 0 heterocycles. The molecule has 0 fully saturated rings. The molecule has 1 rings (SSSR count). The van der Waals surface area contributed by atoms with E-state index < -0.39 is 16.2 Å². The maximum Gasteiger partial charge on any atom is 0.273 e. The first-order valence-corrected chi connectivity index (χ1v) is 4.78. The van der Waals surface area contributed by atoms with Gasteiger partial charge in [-0.2, -0.15) is 0 Å². The topological polar surface area (TPSA) is 92.5 Å². The van der Waals surface area contributed by atoms with Crippen molar-refractivity contribution in [1.29, 1.82) is 0 Å². The van der Waals surface area contributed by atoms with Crippen LogP contribution in [0.2, 0.25) is 0 Å². The average molecular weight is 245 g/mol. The molecule has 7 heteroatoms. The van der Waals surface area contributed by atoms with Crippen LogP contribution >= 0.6 is 11.6 Å². The Morgan fingerprint density at radius 3 is 2.69 bits per heavy atom. The number of benzene rings is 1. The Morgan fingerprint density at radius 2 is 2.25 bits per heavy atom. The number of rotatable bonds is 3. The number of alkyl halides is 1. The summed E-state index contributed by atoms with van der Waals surface area (Å²) in [6.45, 7) is 1.47. The van der Waals surface area contributed by atoms with Crippen LogP contribution in [0, 0.1) is 10.1 Å². The van der Waals surface area contributed by atoms with Crippen molar-refractivity contribution < 1.29 is 14.8 Å². The van der Waals surface area contributed by atoms with Crippen LogP contribution in [-0.2, 0) is 4.79 Å². The highest BCUT2D eigenvalue weighted by Crippen LogP contribution is 2.27. The first kappa shape index (κ1) is 12.3. The van der Waals surface area contributed by atoms with Gasteiger partial charge in [0, 0.05) is 6.07 Å². The SMILES string of the molecule is CC(Cl)C(=O)Nc1ccc([N+](=O)[O-])cc1O. The first-order valence-electron chi connectivity index (χ1n) is 4.34. The van der Waals surface area contributed by atoms with E-state index in [9.17, 15) is 20.0 Å². The number of carbonyl (C=O) groups is 1. The molecule has 86 valence electrons. The van der Waals surface area contributed by atoms with E-state index in [1.165, 1.54) is 19.1 Å². The van der Waals surface area contributed by atoms with Crippen molar-refractivity contribution in [1.82, 2.24) is 0 Å². The second-order valence-corrected chi connectivity index (χ2v) is 3.72.